The Labute approximate surface area is 155 Å². The van der Waals surface area contributed by atoms with Gasteiger partial charge in [-0.1, -0.05) is 30.3 Å². The third-order valence-corrected chi connectivity index (χ3v) is 4.77. The van der Waals surface area contributed by atoms with Gasteiger partial charge in [-0.15, -0.1) is 11.8 Å². The van der Waals surface area contributed by atoms with Crippen LogP contribution in [0.5, 0.6) is 5.75 Å². The number of amides is 1. The zero-order valence-electron chi connectivity index (χ0n) is 15.2. The van der Waals surface area contributed by atoms with Gasteiger partial charge in [-0.05, 0) is 63.4 Å². The molecular weight excluding hydrogens is 330 g/mol. The molecule has 0 aliphatic carbocycles. The summed E-state index contributed by atoms with van der Waals surface area (Å²) in [5, 5.41) is 2.94. The Kier molecular flexibility index (Phi) is 7.86. The van der Waals surface area contributed by atoms with Gasteiger partial charge in [0.15, 0.2) is 0 Å². The van der Waals surface area contributed by atoms with E-state index in [0.29, 0.717) is 6.54 Å². The minimum atomic E-state index is -0.0881. The van der Waals surface area contributed by atoms with E-state index in [1.807, 2.05) is 63.2 Å². The van der Waals surface area contributed by atoms with Crippen molar-refractivity contribution in [3.05, 3.63) is 60.2 Å². The highest BCUT2D eigenvalue weighted by Gasteiger charge is 2.13. The van der Waals surface area contributed by atoms with Gasteiger partial charge in [0, 0.05) is 11.4 Å². The first-order chi connectivity index (χ1) is 12.0. The first-order valence-electron chi connectivity index (χ1n) is 8.79. The molecule has 134 valence electrons. The van der Waals surface area contributed by atoms with Crippen molar-refractivity contribution in [2.75, 3.05) is 6.54 Å². The van der Waals surface area contributed by atoms with Crippen LogP contribution < -0.4 is 10.1 Å². The van der Waals surface area contributed by atoms with E-state index >= 15 is 0 Å². The number of benzene rings is 2. The minimum absolute atomic E-state index is 0.0881. The maximum Gasteiger partial charge on any atom is 0.233 e. The molecule has 0 radical (unpaired) electrons. The number of ether oxygens (including phenoxy) is 1. The summed E-state index contributed by atoms with van der Waals surface area (Å²) in [5.41, 5.74) is 1.26. The molecule has 2 rings (SSSR count). The lowest BCUT2D eigenvalue weighted by Gasteiger charge is -2.12. The first kappa shape index (κ1) is 19.4. The normalized spacial score (nSPS) is 12.0. The van der Waals surface area contributed by atoms with Crippen LogP contribution in [-0.2, 0) is 11.2 Å². The van der Waals surface area contributed by atoms with Crippen LogP contribution in [0.25, 0.3) is 0 Å². The second-order valence-corrected chi connectivity index (χ2v) is 7.69. The molecule has 0 heterocycles. The summed E-state index contributed by atoms with van der Waals surface area (Å²) in [5.74, 6) is 0.994. The molecule has 0 fully saturated rings. The van der Waals surface area contributed by atoms with Gasteiger partial charge in [0.25, 0.3) is 0 Å². The summed E-state index contributed by atoms with van der Waals surface area (Å²) in [6.07, 6.45) is 2.07. The molecular formula is C21H27NO2S. The topological polar surface area (TPSA) is 38.3 Å². The molecule has 1 N–H and O–H groups in total. The number of carbonyl (C=O) groups excluding carboxylic acids is 1. The predicted octanol–water partition coefficient (Wildman–Crippen LogP) is 4.70. The Hall–Kier alpha value is -1.94. The number of hydrogen-bond acceptors (Lipinski definition) is 3. The lowest BCUT2D eigenvalue weighted by atomic mass is 10.1. The molecule has 0 aliphatic rings. The largest absolute Gasteiger partial charge is 0.491 e. The van der Waals surface area contributed by atoms with E-state index in [1.54, 1.807) is 11.8 Å². The van der Waals surface area contributed by atoms with Gasteiger partial charge < -0.3 is 10.1 Å². The molecule has 4 heteroatoms. The Morgan fingerprint density at radius 3 is 2.36 bits per heavy atom. The summed E-state index contributed by atoms with van der Waals surface area (Å²) in [7, 11) is 0. The van der Waals surface area contributed by atoms with Gasteiger partial charge in [-0.3, -0.25) is 4.79 Å². The number of rotatable bonds is 9. The average Bonchev–Trinajstić information content (AvgIpc) is 2.60. The minimum Gasteiger partial charge on any atom is -0.491 e. The third kappa shape index (κ3) is 7.22. The van der Waals surface area contributed by atoms with Gasteiger partial charge in [-0.25, -0.2) is 0 Å². The van der Waals surface area contributed by atoms with E-state index in [-0.39, 0.29) is 17.3 Å². The van der Waals surface area contributed by atoms with Crippen LogP contribution in [0.2, 0.25) is 0 Å². The quantitative estimate of drug-likeness (QED) is 0.522. The number of aryl methyl sites for hydroxylation is 1. The predicted molar refractivity (Wildman–Crippen MR) is 105 cm³/mol. The maximum atomic E-state index is 12.2. The Morgan fingerprint density at radius 2 is 1.72 bits per heavy atom. The van der Waals surface area contributed by atoms with Crippen LogP contribution >= 0.6 is 11.8 Å². The van der Waals surface area contributed by atoms with Crippen LogP contribution in [0.1, 0.15) is 32.8 Å². The van der Waals surface area contributed by atoms with Gasteiger partial charge in [0.2, 0.25) is 5.91 Å². The van der Waals surface area contributed by atoms with Crippen molar-refractivity contribution >= 4 is 17.7 Å². The Balaban J connectivity index is 1.67. The second-order valence-electron chi connectivity index (χ2n) is 6.28. The fraction of sp³-hybridized carbons (Fsp3) is 0.381. The Bertz CT molecular complexity index is 641. The first-order valence-corrected chi connectivity index (χ1v) is 9.67. The van der Waals surface area contributed by atoms with E-state index < -0.39 is 0 Å². The van der Waals surface area contributed by atoms with Crippen molar-refractivity contribution in [2.24, 2.45) is 0 Å². The monoisotopic (exact) mass is 357 g/mol. The molecule has 1 amide bonds. The van der Waals surface area contributed by atoms with Crippen molar-refractivity contribution in [1.29, 1.82) is 0 Å². The molecule has 0 aromatic heterocycles. The van der Waals surface area contributed by atoms with Gasteiger partial charge in [-0.2, -0.15) is 0 Å². The zero-order valence-corrected chi connectivity index (χ0v) is 16.0. The van der Waals surface area contributed by atoms with Gasteiger partial charge in [0.05, 0.1) is 11.4 Å². The molecule has 25 heavy (non-hydrogen) atoms. The molecule has 0 saturated heterocycles. The highest BCUT2D eigenvalue weighted by Crippen LogP contribution is 2.22. The highest BCUT2D eigenvalue weighted by molar-refractivity contribution is 8.00. The Morgan fingerprint density at radius 1 is 1.04 bits per heavy atom. The van der Waals surface area contributed by atoms with E-state index in [1.165, 1.54) is 5.56 Å². The third-order valence-electron chi connectivity index (χ3n) is 3.66. The van der Waals surface area contributed by atoms with E-state index in [0.717, 1.165) is 23.5 Å². The summed E-state index contributed by atoms with van der Waals surface area (Å²) in [6, 6.07) is 18.2. The number of carbonyl (C=O) groups is 1. The number of hydrogen-bond donors (Lipinski definition) is 1. The van der Waals surface area contributed by atoms with Crippen molar-refractivity contribution in [3.63, 3.8) is 0 Å². The van der Waals surface area contributed by atoms with E-state index in [4.69, 9.17) is 4.74 Å². The summed E-state index contributed by atoms with van der Waals surface area (Å²) in [6.45, 7) is 6.69. The number of nitrogens with one attached hydrogen (secondary N) is 1. The highest BCUT2D eigenvalue weighted by atomic mass is 32.2. The van der Waals surface area contributed by atoms with Crippen molar-refractivity contribution in [3.8, 4) is 5.75 Å². The van der Waals surface area contributed by atoms with Crippen LogP contribution in [0.15, 0.2) is 59.5 Å². The van der Waals surface area contributed by atoms with Gasteiger partial charge in [0.1, 0.15) is 5.75 Å². The average molecular weight is 358 g/mol. The van der Waals surface area contributed by atoms with Crippen LogP contribution in [-0.4, -0.2) is 23.8 Å². The maximum absolute atomic E-state index is 12.2. The van der Waals surface area contributed by atoms with E-state index in [2.05, 4.69) is 17.4 Å². The lowest BCUT2D eigenvalue weighted by molar-refractivity contribution is -0.120. The smallest absolute Gasteiger partial charge is 0.233 e. The standard InChI is InChI=1S/C21H27NO2S/c1-16(2)24-19-13-11-18(12-14-19)8-7-15-22-21(23)17(3)25-20-9-5-4-6-10-20/h4-6,9-14,16-17H,7-8,15H2,1-3H3,(H,22,23)/t17-/m1/s1. The molecule has 0 aliphatic heterocycles. The summed E-state index contributed by atoms with van der Waals surface area (Å²) < 4.78 is 5.64. The fourth-order valence-electron chi connectivity index (χ4n) is 2.41. The fourth-order valence-corrected chi connectivity index (χ4v) is 3.32. The van der Waals surface area contributed by atoms with E-state index in [9.17, 15) is 4.79 Å². The second kappa shape index (κ2) is 10.1. The van der Waals surface area contributed by atoms with Gasteiger partial charge >= 0.3 is 0 Å². The molecule has 2 aromatic carbocycles. The summed E-state index contributed by atoms with van der Waals surface area (Å²) >= 11 is 1.59. The molecule has 0 spiro atoms. The van der Waals surface area contributed by atoms with Crippen molar-refractivity contribution in [2.45, 2.75) is 49.9 Å². The molecule has 3 nitrogen and oxygen atoms in total. The zero-order chi connectivity index (χ0) is 18.1. The molecule has 1 atom stereocenters. The molecule has 0 saturated carbocycles. The van der Waals surface area contributed by atoms with Crippen molar-refractivity contribution < 1.29 is 9.53 Å². The molecule has 2 aromatic rings. The lowest BCUT2D eigenvalue weighted by Crippen LogP contribution is -2.31. The molecule has 0 bridgehead atoms. The molecule has 0 unspecified atom stereocenters. The van der Waals surface area contributed by atoms with Crippen molar-refractivity contribution in [1.82, 2.24) is 5.32 Å². The SMILES string of the molecule is CC(C)Oc1ccc(CCCNC(=O)[C@@H](C)Sc2ccccc2)cc1. The van der Waals surface area contributed by atoms with Crippen LogP contribution in [0.3, 0.4) is 0 Å². The van der Waals surface area contributed by atoms with Crippen LogP contribution in [0, 0.1) is 0 Å². The summed E-state index contributed by atoms with van der Waals surface area (Å²) in [4.78, 5) is 13.3. The van der Waals surface area contributed by atoms with Crippen LogP contribution in [0.4, 0.5) is 0 Å². The number of thioether (sulfide) groups is 1.